The van der Waals surface area contributed by atoms with E-state index in [-0.39, 0.29) is 29.4 Å². The second-order valence-electron chi connectivity index (χ2n) is 7.76. The summed E-state index contributed by atoms with van der Waals surface area (Å²) in [6.07, 6.45) is 0. The average Bonchev–Trinajstić information content (AvgIpc) is 3.16. The highest BCUT2D eigenvalue weighted by Crippen LogP contribution is 2.19. The molecule has 0 aliphatic heterocycles. The van der Waals surface area contributed by atoms with Gasteiger partial charge in [-0.15, -0.1) is 24.0 Å². The number of hydrogen-bond donors (Lipinski definition) is 2. The molecule has 0 aliphatic carbocycles. The Morgan fingerprint density at radius 1 is 1.03 bits per heavy atom. The second kappa shape index (κ2) is 10.4. The molecule has 0 aliphatic rings. The maximum absolute atomic E-state index is 5.36. The van der Waals surface area contributed by atoms with E-state index in [0.717, 1.165) is 11.3 Å². The minimum Gasteiger partial charge on any atom is -0.349 e. The Bertz CT molecular complexity index is 914. The zero-order valence-corrected chi connectivity index (χ0v) is 19.6. The molecule has 0 bridgehead atoms. The first kappa shape index (κ1) is 22.9. The summed E-state index contributed by atoms with van der Waals surface area (Å²) in [7, 11) is 0. The van der Waals surface area contributed by atoms with Crippen molar-refractivity contribution in [2.75, 3.05) is 5.32 Å². The third-order valence-corrected chi connectivity index (χ3v) is 4.10. The van der Waals surface area contributed by atoms with Crippen LogP contribution in [0.4, 0.5) is 5.69 Å². The van der Waals surface area contributed by atoms with Crippen molar-refractivity contribution in [3.63, 3.8) is 0 Å². The molecule has 0 atom stereocenters. The Morgan fingerprint density at radius 3 is 2.34 bits per heavy atom. The lowest BCUT2D eigenvalue weighted by Crippen LogP contribution is -2.31. The van der Waals surface area contributed by atoms with Crippen LogP contribution in [0.2, 0.25) is 0 Å². The van der Waals surface area contributed by atoms with Crippen LogP contribution in [0.3, 0.4) is 0 Å². The van der Waals surface area contributed by atoms with E-state index in [1.54, 1.807) is 0 Å². The number of aryl methyl sites for hydroxylation is 1. The summed E-state index contributed by atoms with van der Waals surface area (Å²) in [5, 5.41) is 10.7. The summed E-state index contributed by atoms with van der Waals surface area (Å²) in [6, 6.07) is 18.3. The first-order valence-electron chi connectivity index (χ1n) is 9.39. The number of halogens is 1. The van der Waals surface area contributed by atoms with Crippen molar-refractivity contribution in [2.45, 2.75) is 46.2 Å². The molecule has 7 heteroatoms. The fourth-order valence-corrected chi connectivity index (χ4v) is 2.45. The third kappa shape index (κ3) is 7.16. The highest BCUT2D eigenvalue weighted by atomic mass is 127. The molecule has 0 unspecified atom stereocenters. The molecule has 0 amide bonds. The highest BCUT2D eigenvalue weighted by molar-refractivity contribution is 14.0. The van der Waals surface area contributed by atoms with E-state index in [4.69, 9.17) is 9.52 Å². The summed E-state index contributed by atoms with van der Waals surface area (Å²) in [6.45, 7) is 9.21. The number of nitrogens with one attached hydrogen (secondary N) is 2. The maximum atomic E-state index is 5.36. The van der Waals surface area contributed by atoms with E-state index >= 15 is 0 Å². The summed E-state index contributed by atoms with van der Waals surface area (Å²) in [5.41, 5.74) is 3.17. The summed E-state index contributed by atoms with van der Waals surface area (Å²) in [4.78, 5) is 9.16. The maximum Gasteiger partial charge on any atom is 0.232 e. The van der Waals surface area contributed by atoms with Crippen molar-refractivity contribution >= 4 is 35.6 Å². The zero-order valence-electron chi connectivity index (χ0n) is 17.3. The van der Waals surface area contributed by atoms with Crippen molar-refractivity contribution in [2.24, 2.45) is 4.99 Å². The van der Waals surface area contributed by atoms with E-state index < -0.39 is 0 Å². The van der Waals surface area contributed by atoms with Gasteiger partial charge in [0, 0.05) is 11.1 Å². The summed E-state index contributed by atoms with van der Waals surface area (Å²) in [5.74, 6) is 1.88. The lowest BCUT2D eigenvalue weighted by Gasteiger charge is -2.12. The lowest BCUT2D eigenvalue weighted by atomic mass is 9.97. The van der Waals surface area contributed by atoms with Crippen molar-refractivity contribution in [1.29, 1.82) is 0 Å². The fourth-order valence-electron chi connectivity index (χ4n) is 2.45. The number of aromatic nitrogens is 2. The van der Waals surface area contributed by atoms with E-state index in [2.05, 4.69) is 52.0 Å². The van der Waals surface area contributed by atoms with Gasteiger partial charge in [-0.05, 0) is 24.6 Å². The first-order chi connectivity index (χ1) is 13.4. The predicted octanol–water partition coefficient (Wildman–Crippen LogP) is 5.05. The number of nitrogens with zero attached hydrogens (tertiary/aromatic N) is 3. The molecule has 1 heterocycles. The molecular formula is C22H28IN5O. The quantitative estimate of drug-likeness (QED) is 0.288. The van der Waals surface area contributed by atoms with Gasteiger partial charge in [-0.2, -0.15) is 4.98 Å². The monoisotopic (exact) mass is 505 g/mol. The summed E-state index contributed by atoms with van der Waals surface area (Å²) < 4.78 is 5.36. The molecular weight excluding hydrogens is 477 g/mol. The molecule has 0 saturated carbocycles. The molecule has 0 saturated heterocycles. The van der Waals surface area contributed by atoms with Crippen molar-refractivity contribution in [3.8, 4) is 0 Å². The van der Waals surface area contributed by atoms with Crippen molar-refractivity contribution < 1.29 is 4.52 Å². The van der Waals surface area contributed by atoms with Crippen LogP contribution in [0.15, 0.2) is 64.1 Å². The Morgan fingerprint density at radius 2 is 1.72 bits per heavy atom. The number of para-hydroxylation sites is 1. The number of benzene rings is 2. The lowest BCUT2D eigenvalue weighted by molar-refractivity contribution is 0.318. The van der Waals surface area contributed by atoms with Gasteiger partial charge >= 0.3 is 0 Å². The molecule has 154 valence electrons. The number of hydrogen-bond acceptors (Lipinski definition) is 4. The zero-order chi connectivity index (χ0) is 20.0. The van der Waals surface area contributed by atoms with Gasteiger partial charge in [0.2, 0.25) is 5.89 Å². The topological polar surface area (TPSA) is 75.3 Å². The minimum absolute atomic E-state index is 0. The van der Waals surface area contributed by atoms with Crippen LogP contribution in [-0.4, -0.2) is 16.1 Å². The van der Waals surface area contributed by atoms with E-state index in [1.807, 2.05) is 51.1 Å². The van der Waals surface area contributed by atoms with Gasteiger partial charge in [-0.3, -0.25) is 0 Å². The molecule has 29 heavy (non-hydrogen) atoms. The average molecular weight is 505 g/mol. The van der Waals surface area contributed by atoms with Crippen LogP contribution in [0.25, 0.3) is 0 Å². The molecule has 0 spiro atoms. The van der Waals surface area contributed by atoms with E-state index in [0.29, 0.717) is 30.8 Å². The second-order valence-corrected chi connectivity index (χ2v) is 7.76. The van der Waals surface area contributed by atoms with Crippen molar-refractivity contribution in [3.05, 3.63) is 77.4 Å². The van der Waals surface area contributed by atoms with Crippen molar-refractivity contribution in [1.82, 2.24) is 15.5 Å². The highest BCUT2D eigenvalue weighted by Gasteiger charge is 2.21. The van der Waals surface area contributed by atoms with Gasteiger partial charge < -0.3 is 15.2 Å². The van der Waals surface area contributed by atoms with Gasteiger partial charge in [0.1, 0.15) is 0 Å². The SMILES string of the molecule is Cc1ccc(CN=C(NCc2noc(C(C)(C)C)n2)Nc2ccccc2)cc1.I. The number of guanidine groups is 1. The van der Waals surface area contributed by atoms with Gasteiger partial charge in [-0.25, -0.2) is 4.99 Å². The van der Waals surface area contributed by atoms with E-state index in [1.165, 1.54) is 5.56 Å². The van der Waals surface area contributed by atoms with Crippen LogP contribution in [-0.2, 0) is 18.5 Å². The number of aliphatic imine (C=N–C) groups is 1. The van der Waals surface area contributed by atoms with Gasteiger partial charge in [0.15, 0.2) is 11.8 Å². The Balaban J connectivity index is 0.00000300. The molecule has 0 fully saturated rings. The minimum atomic E-state index is -0.171. The van der Waals surface area contributed by atoms with Gasteiger partial charge in [-0.1, -0.05) is 74.0 Å². The first-order valence-corrected chi connectivity index (χ1v) is 9.39. The Kier molecular flexibility index (Phi) is 8.19. The Hall–Kier alpha value is -2.42. The van der Waals surface area contributed by atoms with Crippen LogP contribution >= 0.6 is 24.0 Å². The number of rotatable bonds is 5. The fraction of sp³-hybridized carbons (Fsp3) is 0.318. The Labute approximate surface area is 189 Å². The van der Waals surface area contributed by atoms with Crippen LogP contribution in [0, 0.1) is 6.92 Å². The molecule has 6 nitrogen and oxygen atoms in total. The molecule has 2 N–H and O–H groups in total. The molecule has 3 aromatic rings. The smallest absolute Gasteiger partial charge is 0.232 e. The summed E-state index contributed by atoms with van der Waals surface area (Å²) >= 11 is 0. The van der Waals surface area contributed by atoms with Crippen LogP contribution in [0.5, 0.6) is 0 Å². The molecule has 2 aromatic carbocycles. The molecule has 1 aromatic heterocycles. The van der Waals surface area contributed by atoms with Gasteiger partial charge in [0.25, 0.3) is 0 Å². The van der Waals surface area contributed by atoms with Crippen LogP contribution in [0.1, 0.15) is 43.6 Å². The molecule has 3 rings (SSSR count). The van der Waals surface area contributed by atoms with Crippen LogP contribution < -0.4 is 10.6 Å². The largest absolute Gasteiger partial charge is 0.349 e. The normalized spacial score (nSPS) is 11.7. The number of anilines is 1. The third-order valence-electron chi connectivity index (χ3n) is 4.10. The standard InChI is InChI=1S/C22H27N5O.HI/c1-16-10-12-17(13-11-16)14-23-21(25-18-8-6-5-7-9-18)24-15-19-26-20(28-27-19)22(2,3)4;/h5-13H,14-15H2,1-4H3,(H2,23,24,25);1H. The van der Waals surface area contributed by atoms with E-state index in [9.17, 15) is 0 Å². The predicted molar refractivity (Wildman–Crippen MR) is 128 cm³/mol. The van der Waals surface area contributed by atoms with Gasteiger partial charge in [0.05, 0.1) is 13.1 Å². The molecule has 0 radical (unpaired) electrons.